The normalized spacial score (nSPS) is 15.7. The van der Waals surface area contributed by atoms with E-state index in [1.54, 1.807) is 39.0 Å². The number of fused-ring (bicyclic) bond motifs is 1. The van der Waals surface area contributed by atoms with Crippen molar-refractivity contribution in [3.8, 4) is 5.75 Å². The molecule has 2 heterocycles. The van der Waals surface area contributed by atoms with Gasteiger partial charge in [-0.25, -0.2) is 8.42 Å². The van der Waals surface area contributed by atoms with E-state index in [4.69, 9.17) is 4.74 Å². The Morgan fingerprint density at radius 1 is 1.19 bits per heavy atom. The Morgan fingerprint density at radius 3 is 2.58 bits per heavy atom. The lowest BCUT2D eigenvalue weighted by atomic mass is 10.2. The second kappa shape index (κ2) is 8.90. The number of nitrogens with one attached hydrogen (secondary N) is 2. The summed E-state index contributed by atoms with van der Waals surface area (Å²) in [5.74, 6) is -0.347. The van der Waals surface area contributed by atoms with E-state index in [0.29, 0.717) is 17.1 Å². The number of aromatic nitrogens is 1. The van der Waals surface area contributed by atoms with Crippen molar-refractivity contribution in [3.05, 3.63) is 46.9 Å². The summed E-state index contributed by atoms with van der Waals surface area (Å²) >= 11 is 0. The Morgan fingerprint density at radius 2 is 1.90 bits per heavy atom. The molecule has 2 amide bonds. The second-order valence-electron chi connectivity index (χ2n) is 6.93. The van der Waals surface area contributed by atoms with Gasteiger partial charge in [0, 0.05) is 31.0 Å². The summed E-state index contributed by atoms with van der Waals surface area (Å²) < 4.78 is 33.1. The predicted octanol–water partition coefficient (Wildman–Crippen LogP) is 1.24. The largest absolute Gasteiger partial charge is 0.479 e. The third-order valence-corrected chi connectivity index (χ3v) is 6.84. The van der Waals surface area contributed by atoms with Crippen molar-refractivity contribution in [2.75, 3.05) is 23.7 Å². The molecule has 1 aliphatic heterocycles. The first-order valence-electron chi connectivity index (χ1n) is 9.77. The molecule has 0 aliphatic carbocycles. The smallest absolute Gasteiger partial charge is 0.265 e. The van der Waals surface area contributed by atoms with Crippen molar-refractivity contribution in [3.63, 3.8) is 0 Å². The summed E-state index contributed by atoms with van der Waals surface area (Å²) in [6, 6.07) is 7.12. The number of benzene rings is 1. The van der Waals surface area contributed by atoms with Crippen LogP contribution in [0.4, 0.5) is 11.4 Å². The van der Waals surface area contributed by atoms with Gasteiger partial charge < -0.3 is 19.9 Å². The van der Waals surface area contributed by atoms with E-state index < -0.39 is 27.6 Å². The highest BCUT2D eigenvalue weighted by Gasteiger charge is 2.24. The molecule has 0 saturated carbocycles. The number of carbonyl (C=O) groups is 2. The number of hydrogen-bond acceptors (Lipinski definition) is 6. The number of nitrogens with zero attached hydrogens (tertiary/aromatic N) is 2. The lowest BCUT2D eigenvalue weighted by Gasteiger charge is -2.23. The van der Waals surface area contributed by atoms with E-state index in [2.05, 4.69) is 10.6 Å². The van der Waals surface area contributed by atoms with Crippen molar-refractivity contribution < 1.29 is 22.7 Å². The van der Waals surface area contributed by atoms with Crippen molar-refractivity contribution in [2.24, 2.45) is 0 Å². The number of amides is 2. The van der Waals surface area contributed by atoms with Crippen LogP contribution in [0.5, 0.6) is 5.75 Å². The van der Waals surface area contributed by atoms with Crippen molar-refractivity contribution in [1.82, 2.24) is 8.87 Å². The van der Waals surface area contributed by atoms with Gasteiger partial charge in [-0.2, -0.15) is 4.31 Å². The molecule has 1 aromatic carbocycles. The minimum Gasteiger partial charge on any atom is -0.479 e. The van der Waals surface area contributed by atoms with Gasteiger partial charge in [-0.1, -0.05) is 13.8 Å². The van der Waals surface area contributed by atoms with E-state index in [1.807, 2.05) is 0 Å². The molecule has 10 nitrogen and oxygen atoms in total. The highest BCUT2D eigenvalue weighted by atomic mass is 32.2. The zero-order chi connectivity index (χ0) is 22.8. The summed E-state index contributed by atoms with van der Waals surface area (Å²) in [7, 11) is -3.77. The number of sulfonamides is 1. The first kappa shape index (κ1) is 22.5. The Balaban J connectivity index is 1.78. The molecule has 0 fully saturated rings. The van der Waals surface area contributed by atoms with Gasteiger partial charge >= 0.3 is 0 Å². The van der Waals surface area contributed by atoms with Crippen LogP contribution in [0.3, 0.4) is 0 Å². The fourth-order valence-electron chi connectivity index (χ4n) is 3.14. The van der Waals surface area contributed by atoms with Crippen molar-refractivity contribution >= 4 is 33.2 Å². The minimum atomic E-state index is -3.77. The molecule has 0 unspecified atom stereocenters. The van der Waals surface area contributed by atoms with Gasteiger partial charge in [0.1, 0.15) is 12.3 Å². The van der Waals surface area contributed by atoms with Gasteiger partial charge in [0.2, 0.25) is 15.9 Å². The molecule has 2 N–H and O–H groups in total. The summed E-state index contributed by atoms with van der Waals surface area (Å²) in [4.78, 5) is 36.3. The fourth-order valence-corrected chi connectivity index (χ4v) is 4.62. The van der Waals surface area contributed by atoms with E-state index in [0.717, 1.165) is 16.8 Å². The van der Waals surface area contributed by atoms with Gasteiger partial charge in [0.25, 0.3) is 11.5 Å². The maximum absolute atomic E-state index is 12.7. The molecular weight excluding hydrogens is 424 g/mol. The maximum atomic E-state index is 12.7. The Labute approximate surface area is 179 Å². The lowest BCUT2D eigenvalue weighted by Crippen LogP contribution is -2.34. The van der Waals surface area contributed by atoms with Gasteiger partial charge in [-0.15, -0.1) is 0 Å². The standard InChI is InChI=1S/C20H24N4O6S/c1-4-24(5-2)31(28,29)15-7-9-19(26)23(11-15)12-18(25)21-14-6-8-17-16(10-14)22-20(27)13(3)30-17/h6-11,13H,4-5,12H2,1-3H3,(H,21,25)(H,22,27)/t13-/m0/s1. The van der Waals surface area contributed by atoms with Gasteiger partial charge in [0.05, 0.1) is 10.6 Å². The maximum Gasteiger partial charge on any atom is 0.265 e. The summed E-state index contributed by atoms with van der Waals surface area (Å²) in [6.07, 6.45) is 0.553. The Bertz CT molecular complexity index is 1170. The van der Waals surface area contributed by atoms with Crippen LogP contribution in [-0.2, 0) is 26.2 Å². The van der Waals surface area contributed by atoms with E-state index >= 15 is 0 Å². The fraction of sp³-hybridized carbons (Fsp3) is 0.350. The molecule has 3 rings (SSSR count). The van der Waals surface area contributed by atoms with Crippen LogP contribution in [-0.4, -0.2) is 48.3 Å². The average Bonchev–Trinajstić information content (AvgIpc) is 2.71. The molecule has 166 valence electrons. The first-order valence-corrected chi connectivity index (χ1v) is 11.2. The number of ether oxygens (including phenoxy) is 1. The highest BCUT2D eigenvalue weighted by Crippen LogP contribution is 2.32. The average molecular weight is 449 g/mol. The number of rotatable bonds is 7. The summed E-state index contributed by atoms with van der Waals surface area (Å²) in [5.41, 5.74) is 0.307. The SMILES string of the molecule is CCN(CC)S(=O)(=O)c1ccc(=O)n(CC(=O)Nc2ccc3c(c2)NC(=O)[C@H](C)O3)c1. The summed E-state index contributed by atoms with van der Waals surface area (Å²) in [6.45, 7) is 5.26. The van der Waals surface area contributed by atoms with Gasteiger partial charge in [-0.05, 0) is 31.2 Å². The molecule has 2 aromatic rings. The third-order valence-electron chi connectivity index (χ3n) is 4.81. The van der Waals surface area contributed by atoms with Gasteiger partial charge in [0.15, 0.2) is 6.10 Å². The molecule has 11 heteroatoms. The van der Waals surface area contributed by atoms with Crippen LogP contribution in [0.2, 0.25) is 0 Å². The van der Waals surface area contributed by atoms with E-state index in [9.17, 15) is 22.8 Å². The first-order chi connectivity index (χ1) is 14.6. The number of hydrogen-bond donors (Lipinski definition) is 2. The lowest BCUT2D eigenvalue weighted by molar-refractivity contribution is -0.122. The van der Waals surface area contributed by atoms with Crippen LogP contribution in [0.1, 0.15) is 20.8 Å². The van der Waals surface area contributed by atoms with Crippen LogP contribution < -0.4 is 20.9 Å². The number of carbonyl (C=O) groups excluding carboxylic acids is 2. The summed E-state index contributed by atoms with van der Waals surface area (Å²) in [5, 5.41) is 5.32. The van der Waals surface area contributed by atoms with Gasteiger partial charge in [-0.3, -0.25) is 14.4 Å². The van der Waals surface area contributed by atoms with Crippen molar-refractivity contribution in [1.29, 1.82) is 0 Å². The molecule has 0 bridgehead atoms. The molecule has 1 aliphatic rings. The predicted molar refractivity (Wildman–Crippen MR) is 115 cm³/mol. The minimum absolute atomic E-state index is 0.0636. The monoisotopic (exact) mass is 448 g/mol. The zero-order valence-corrected chi connectivity index (χ0v) is 18.2. The van der Waals surface area contributed by atoms with Crippen LogP contribution in [0, 0.1) is 0 Å². The molecule has 0 radical (unpaired) electrons. The zero-order valence-electron chi connectivity index (χ0n) is 17.4. The molecule has 1 atom stereocenters. The Kier molecular flexibility index (Phi) is 6.46. The Hall–Kier alpha value is -3.18. The van der Waals surface area contributed by atoms with Crippen LogP contribution in [0.25, 0.3) is 0 Å². The second-order valence-corrected chi connectivity index (χ2v) is 8.87. The van der Waals surface area contributed by atoms with Crippen LogP contribution >= 0.6 is 0 Å². The molecule has 1 aromatic heterocycles. The number of pyridine rings is 1. The van der Waals surface area contributed by atoms with E-state index in [-0.39, 0.29) is 30.4 Å². The van der Waals surface area contributed by atoms with Crippen molar-refractivity contribution in [2.45, 2.75) is 38.3 Å². The molecule has 0 spiro atoms. The molecule has 31 heavy (non-hydrogen) atoms. The third kappa shape index (κ3) is 4.78. The highest BCUT2D eigenvalue weighted by molar-refractivity contribution is 7.89. The topological polar surface area (TPSA) is 127 Å². The van der Waals surface area contributed by atoms with E-state index in [1.165, 1.54) is 10.4 Å². The number of anilines is 2. The van der Waals surface area contributed by atoms with Crippen LogP contribution in [0.15, 0.2) is 46.2 Å². The quantitative estimate of drug-likeness (QED) is 0.656. The molecule has 0 saturated heterocycles. The molecular formula is C20H24N4O6S.